The van der Waals surface area contributed by atoms with Crippen molar-refractivity contribution in [2.24, 2.45) is 0 Å². The molecule has 0 saturated heterocycles. The minimum atomic E-state index is -1.13. The van der Waals surface area contributed by atoms with Crippen molar-refractivity contribution in [3.63, 3.8) is 0 Å². The van der Waals surface area contributed by atoms with E-state index in [0.717, 1.165) is 9.64 Å². The number of aromatic nitrogens is 1. The van der Waals surface area contributed by atoms with Crippen LogP contribution in [0.3, 0.4) is 0 Å². The van der Waals surface area contributed by atoms with Gasteiger partial charge in [0.2, 0.25) is 0 Å². The van der Waals surface area contributed by atoms with Gasteiger partial charge < -0.3 is 10.1 Å². The van der Waals surface area contributed by atoms with E-state index >= 15 is 0 Å². The lowest BCUT2D eigenvalue weighted by atomic mass is 10.2. The minimum absolute atomic E-state index is 0.0884. The molecule has 0 aliphatic carbocycles. The van der Waals surface area contributed by atoms with E-state index in [1.54, 1.807) is 18.2 Å². The van der Waals surface area contributed by atoms with Gasteiger partial charge in [-0.15, -0.1) is 0 Å². The zero-order valence-electron chi connectivity index (χ0n) is 7.45. The lowest BCUT2D eigenvalue weighted by Gasteiger charge is -2.01. The molecule has 76 valence electrons. The number of halogens is 1. The third kappa shape index (κ3) is 1.74. The topological polar surface area (TPSA) is 70.2 Å². The number of hydrogen-bond donors (Lipinski definition) is 2. The molecule has 2 N–H and O–H groups in total. The molecule has 4 nitrogen and oxygen atoms in total. The van der Waals surface area contributed by atoms with Gasteiger partial charge in [-0.3, -0.25) is 4.79 Å². The molecule has 0 fully saturated rings. The third-order valence-electron chi connectivity index (χ3n) is 2.04. The van der Waals surface area contributed by atoms with Gasteiger partial charge in [-0.25, -0.2) is 4.79 Å². The molecule has 2 rings (SSSR count). The summed E-state index contributed by atoms with van der Waals surface area (Å²) in [4.78, 5) is 25.1. The van der Waals surface area contributed by atoms with E-state index in [4.69, 9.17) is 5.11 Å². The number of aromatic amines is 1. The fourth-order valence-electron chi connectivity index (χ4n) is 1.38. The van der Waals surface area contributed by atoms with E-state index in [9.17, 15) is 9.59 Å². The summed E-state index contributed by atoms with van der Waals surface area (Å²) in [6.45, 7) is 0. The van der Waals surface area contributed by atoms with Crippen LogP contribution in [0.5, 0.6) is 0 Å². The number of carbonyl (C=O) groups is 1. The van der Waals surface area contributed by atoms with Crippen LogP contribution in [0.15, 0.2) is 29.1 Å². The molecule has 15 heavy (non-hydrogen) atoms. The number of hydrogen-bond acceptors (Lipinski definition) is 2. The Labute approximate surface area is 98.1 Å². The standard InChI is InChI=1S/C10H6INO3/c11-5-2-1-3-6-9(5)8(13)4-7(12-6)10(14)15/h1-4H,(H,12,13)(H,14,15). The van der Waals surface area contributed by atoms with Crippen molar-refractivity contribution < 1.29 is 9.90 Å². The second-order valence-electron chi connectivity index (χ2n) is 3.01. The number of pyridine rings is 1. The van der Waals surface area contributed by atoms with E-state index < -0.39 is 5.97 Å². The van der Waals surface area contributed by atoms with Gasteiger partial charge in [0.15, 0.2) is 5.43 Å². The first-order chi connectivity index (χ1) is 7.09. The van der Waals surface area contributed by atoms with Crippen LogP contribution in [0.4, 0.5) is 0 Å². The predicted molar refractivity (Wildman–Crippen MR) is 64.2 cm³/mol. The predicted octanol–water partition coefficient (Wildman–Crippen LogP) is 1.83. The summed E-state index contributed by atoms with van der Waals surface area (Å²) in [5, 5.41) is 9.30. The highest BCUT2D eigenvalue weighted by Gasteiger charge is 2.09. The molecule has 0 aliphatic rings. The number of carboxylic acids is 1. The first-order valence-electron chi connectivity index (χ1n) is 4.14. The molecular weight excluding hydrogens is 309 g/mol. The first-order valence-corrected chi connectivity index (χ1v) is 5.22. The summed E-state index contributed by atoms with van der Waals surface area (Å²) >= 11 is 2.05. The summed E-state index contributed by atoms with van der Waals surface area (Å²) in [5.41, 5.74) is 0.187. The Kier molecular flexibility index (Phi) is 2.47. The second-order valence-corrected chi connectivity index (χ2v) is 4.18. The lowest BCUT2D eigenvalue weighted by molar-refractivity contribution is 0.0691. The van der Waals surface area contributed by atoms with Crippen molar-refractivity contribution in [3.05, 3.63) is 43.8 Å². The molecule has 1 aromatic heterocycles. The van der Waals surface area contributed by atoms with Crippen LogP contribution in [0, 0.1) is 3.57 Å². The Balaban J connectivity index is 2.91. The van der Waals surface area contributed by atoms with Crippen LogP contribution in [0.2, 0.25) is 0 Å². The summed E-state index contributed by atoms with van der Waals surface area (Å²) in [5.74, 6) is -1.13. The maximum absolute atomic E-state index is 11.6. The highest BCUT2D eigenvalue weighted by atomic mass is 127. The van der Waals surface area contributed by atoms with Crippen molar-refractivity contribution >= 4 is 39.5 Å². The molecular formula is C10H6INO3. The molecule has 0 bridgehead atoms. The molecule has 0 atom stereocenters. The van der Waals surface area contributed by atoms with Crippen molar-refractivity contribution in [1.82, 2.24) is 4.98 Å². The highest BCUT2D eigenvalue weighted by Crippen LogP contribution is 2.15. The van der Waals surface area contributed by atoms with Crippen LogP contribution in [-0.2, 0) is 0 Å². The maximum atomic E-state index is 11.6. The number of aromatic carboxylic acids is 1. The summed E-state index contributed by atoms with van der Waals surface area (Å²) in [6.07, 6.45) is 0. The number of fused-ring (bicyclic) bond motifs is 1. The van der Waals surface area contributed by atoms with Crippen LogP contribution in [0.25, 0.3) is 10.9 Å². The average Bonchev–Trinajstić information content (AvgIpc) is 2.17. The monoisotopic (exact) mass is 315 g/mol. The largest absolute Gasteiger partial charge is 0.477 e. The second kappa shape index (κ2) is 3.65. The van der Waals surface area contributed by atoms with Gasteiger partial charge in [0, 0.05) is 9.64 Å². The summed E-state index contributed by atoms with van der Waals surface area (Å²) < 4.78 is 0.809. The zero-order valence-corrected chi connectivity index (χ0v) is 9.61. The van der Waals surface area contributed by atoms with Crippen LogP contribution in [-0.4, -0.2) is 16.1 Å². The van der Waals surface area contributed by atoms with Crippen molar-refractivity contribution in [3.8, 4) is 0 Å². The van der Waals surface area contributed by atoms with E-state index in [1.165, 1.54) is 0 Å². The number of nitrogens with one attached hydrogen (secondary N) is 1. The first kappa shape index (κ1) is 10.2. The average molecular weight is 315 g/mol. The fraction of sp³-hybridized carbons (Fsp3) is 0. The summed E-state index contributed by atoms with van der Waals surface area (Å²) in [7, 11) is 0. The Hall–Kier alpha value is -1.37. The fourth-order valence-corrected chi connectivity index (χ4v) is 2.14. The smallest absolute Gasteiger partial charge is 0.352 e. The molecule has 0 unspecified atom stereocenters. The van der Waals surface area contributed by atoms with E-state index in [1.807, 2.05) is 22.6 Å². The van der Waals surface area contributed by atoms with Crippen molar-refractivity contribution in [2.45, 2.75) is 0 Å². The van der Waals surface area contributed by atoms with Crippen molar-refractivity contribution in [2.75, 3.05) is 0 Å². The molecule has 0 amide bonds. The van der Waals surface area contributed by atoms with Gasteiger partial charge in [0.25, 0.3) is 0 Å². The van der Waals surface area contributed by atoms with E-state index in [2.05, 4.69) is 4.98 Å². The van der Waals surface area contributed by atoms with Gasteiger partial charge in [-0.1, -0.05) is 6.07 Å². The Morgan fingerprint density at radius 1 is 1.40 bits per heavy atom. The molecule has 0 saturated carbocycles. The Morgan fingerprint density at radius 3 is 2.80 bits per heavy atom. The highest BCUT2D eigenvalue weighted by molar-refractivity contribution is 14.1. The SMILES string of the molecule is O=C(O)c1cc(=O)c2c(I)cccc2[nH]1. The normalized spacial score (nSPS) is 10.5. The molecule has 5 heteroatoms. The minimum Gasteiger partial charge on any atom is -0.477 e. The van der Waals surface area contributed by atoms with Crippen molar-refractivity contribution in [1.29, 1.82) is 0 Å². The molecule has 0 aliphatic heterocycles. The number of H-pyrrole nitrogens is 1. The Bertz CT molecular complexity index is 603. The third-order valence-corrected chi connectivity index (χ3v) is 2.93. The van der Waals surface area contributed by atoms with Gasteiger partial charge in [-0.2, -0.15) is 0 Å². The van der Waals surface area contributed by atoms with Crippen LogP contribution in [0.1, 0.15) is 10.5 Å². The maximum Gasteiger partial charge on any atom is 0.352 e. The molecule has 0 spiro atoms. The Morgan fingerprint density at radius 2 is 2.13 bits per heavy atom. The van der Waals surface area contributed by atoms with E-state index in [-0.39, 0.29) is 11.1 Å². The van der Waals surface area contributed by atoms with Crippen LogP contribution >= 0.6 is 22.6 Å². The number of rotatable bonds is 1. The quantitative estimate of drug-likeness (QED) is 0.789. The molecule has 0 radical (unpaired) electrons. The molecule has 1 aromatic carbocycles. The van der Waals surface area contributed by atoms with Crippen LogP contribution < -0.4 is 5.43 Å². The lowest BCUT2D eigenvalue weighted by Crippen LogP contribution is -2.10. The molecule has 1 heterocycles. The van der Waals surface area contributed by atoms with Gasteiger partial charge in [0.05, 0.1) is 10.9 Å². The van der Waals surface area contributed by atoms with Gasteiger partial charge in [-0.05, 0) is 34.7 Å². The number of benzene rings is 1. The molecule has 2 aromatic rings. The number of carboxylic acid groups (broad SMARTS) is 1. The van der Waals surface area contributed by atoms with Gasteiger partial charge in [0.1, 0.15) is 5.69 Å². The van der Waals surface area contributed by atoms with E-state index in [0.29, 0.717) is 10.9 Å². The van der Waals surface area contributed by atoms with Gasteiger partial charge >= 0.3 is 5.97 Å². The summed E-state index contributed by atoms with van der Waals surface area (Å²) in [6, 6.07) is 6.36. The zero-order chi connectivity index (χ0) is 11.0.